The molecule has 2 heterocycles. The molecule has 0 unspecified atom stereocenters. The van der Waals surface area contributed by atoms with Gasteiger partial charge in [0.25, 0.3) is 0 Å². The van der Waals surface area contributed by atoms with Gasteiger partial charge < -0.3 is 14.8 Å². The highest BCUT2D eigenvalue weighted by Crippen LogP contribution is 2.34. The molecule has 1 fully saturated rings. The maximum atomic E-state index is 12.3. The number of nitrogens with zero attached hydrogens (tertiary/aromatic N) is 3. The number of carbonyl (C=O) groups is 1. The van der Waals surface area contributed by atoms with Crippen LogP contribution in [-0.4, -0.2) is 45.6 Å². The predicted octanol–water partition coefficient (Wildman–Crippen LogP) is 6.43. The molecule has 1 aliphatic heterocycles. The number of aryl methyl sites for hydroxylation is 2. The fraction of sp³-hybridized carbons (Fsp3) is 0.367. The number of oxime groups is 1. The van der Waals surface area contributed by atoms with Crippen molar-refractivity contribution in [3.63, 3.8) is 0 Å². The number of ether oxygens (including phenoxy) is 1. The van der Waals surface area contributed by atoms with Crippen molar-refractivity contribution in [2.45, 2.75) is 58.5 Å². The molecule has 0 bridgehead atoms. The van der Waals surface area contributed by atoms with Crippen LogP contribution in [0.25, 0.3) is 0 Å². The first-order valence-corrected chi connectivity index (χ1v) is 12.4. The Labute approximate surface area is 213 Å². The predicted molar refractivity (Wildman–Crippen MR) is 142 cm³/mol. The molecule has 1 atom stereocenters. The van der Waals surface area contributed by atoms with Gasteiger partial charge in [0.2, 0.25) is 0 Å². The molecular weight excluding hydrogens is 450 g/mol. The van der Waals surface area contributed by atoms with E-state index in [1.807, 2.05) is 45.9 Å². The van der Waals surface area contributed by atoms with Crippen LogP contribution in [0.5, 0.6) is 0 Å². The van der Waals surface area contributed by atoms with Gasteiger partial charge >= 0.3 is 6.09 Å². The monoisotopic (exact) mass is 485 g/mol. The third kappa shape index (κ3) is 5.93. The fourth-order valence-electron chi connectivity index (χ4n) is 4.69. The number of carbonyl (C=O) groups excluding carboxylic acids is 1. The van der Waals surface area contributed by atoms with Crippen molar-refractivity contribution in [2.75, 3.05) is 13.1 Å². The summed E-state index contributed by atoms with van der Waals surface area (Å²) in [6.45, 7) is 11.0. The molecule has 2 aromatic carbocycles. The molecule has 0 saturated carbocycles. The van der Waals surface area contributed by atoms with Crippen LogP contribution in [0.15, 0.2) is 72.0 Å². The van der Waals surface area contributed by atoms with Gasteiger partial charge in [-0.25, -0.2) is 4.79 Å². The fourth-order valence-corrected chi connectivity index (χ4v) is 4.69. The van der Waals surface area contributed by atoms with E-state index in [-0.39, 0.29) is 12.0 Å². The summed E-state index contributed by atoms with van der Waals surface area (Å²) in [4.78, 5) is 18.3. The highest BCUT2D eigenvalue weighted by molar-refractivity contribution is 6.01. The molecule has 3 aromatic rings. The minimum Gasteiger partial charge on any atom is -0.444 e. The second kappa shape index (κ2) is 10.5. The number of hydrogen-bond donors (Lipinski definition) is 1. The van der Waals surface area contributed by atoms with Crippen LogP contribution in [0.1, 0.15) is 72.5 Å². The van der Waals surface area contributed by atoms with Crippen molar-refractivity contribution in [1.29, 1.82) is 0 Å². The molecule has 0 spiro atoms. The number of benzene rings is 2. The van der Waals surface area contributed by atoms with Gasteiger partial charge in [0, 0.05) is 48.8 Å². The molecule has 1 aromatic heterocycles. The third-order valence-electron chi connectivity index (χ3n) is 6.66. The van der Waals surface area contributed by atoms with Gasteiger partial charge in [0.05, 0.1) is 5.71 Å². The Hall–Kier alpha value is -3.67. The number of aromatic nitrogens is 1. The Balaban J connectivity index is 1.54. The molecule has 1 amide bonds. The molecule has 1 N–H and O–H groups in total. The summed E-state index contributed by atoms with van der Waals surface area (Å²) < 4.78 is 5.48. The van der Waals surface area contributed by atoms with E-state index in [4.69, 9.17) is 4.74 Å². The van der Waals surface area contributed by atoms with Crippen LogP contribution >= 0.6 is 0 Å². The molecule has 0 radical (unpaired) electrons. The summed E-state index contributed by atoms with van der Waals surface area (Å²) in [7, 11) is 0. The van der Waals surface area contributed by atoms with Gasteiger partial charge in [-0.15, -0.1) is 0 Å². The number of rotatable bonds is 6. The molecular formula is C30H35N3O3. The zero-order valence-electron chi connectivity index (χ0n) is 21.7. The van der Waals surface area contributed by atoms with Gasteiger partial charge in [-0.3, -0.25) is 4.98 Å². The normalized spacial score (nSPS) is 15.4. The van der Waals surface area contributed by atoms with E-state index in [0.717, 1.165) is 16.8 Å². The number of hydrogen-bond acceptors (Lipinski definition) is 5. The van der Waals surface area contributed by atoms with Crippen LogP contribution in [0.4, 0.5) is 4.79 Å². The van der Waals surface area contributed by atoms with Crippen molar-refractivity contribution >= 4 is 11.8 Å². The van der Waals surface area contributed by atoms with Gasteiger partial charge in [0.1, 0.15) is 5.60 Å². The first-order chi connectivity index (χ1) is 17.1. The first-order valence-electron chi connectivity index (χ1n) is 12.4. The molecule has 0 aliphatic carbocycles. The quantitative estimate of drug-likeness (QED) is 0.248. The summed E-state index contributed by atoms with van der Waals surface area (Å²) in [5, 5.41) is 13.6. The highest BCUT2D eigenvalue weighted by atomic mass is 16.6. The van der Waals surface area contributed by atoms with Crippen LogP contribution in [0.2, 0.25) is 0 Å². The number of amides is 1. The molecule has 188 valence electrons. The summed E-state index contributed by atoms with van der Waals surface area (Å²) >= 11 is 0. The highest BCUT2D eigenvalue weighted by Gasteiger charge is 2.34. The lowest BCUT2D eigenvalue weighted by atomic mass is 9.82. The van der Waals surface area contributed by atoms with E-state index in [0.29, 0.717) is 31.1 Å². The van der Waals surface area contributed by atoms with Gasteiger partial charge in [0.15, 0.2) is 0 Å². The summed E-state index contributed by atoms with van der Waals surface area (Å²) in [5.41, 5.74) is 6.66. The minimum absolute atomic E-state index is 0.0271. The Morgan fingerprint density at radius 1 is 1.11 bits per heavy atom. The lowest BCUT2D eigenvalue weighted by Crippen LogP contribution is -2.50. The van der Waals surface area contributed by atoms with Gasteiger partial charge in [-0.1, -0.05) is 53.7 Å². The molecule has 1 aliphatic rings. The van der Waals surface area contributed by atoms with Crippen LogP contribution in [0, 0.1) is 13.8 Å². The van der Waals surface area contributed by atoms with Crippen molar-refractivity contribution in [1.82, 2.24) is 9.88 Å². The van der Waals surface area contributed by atoms with Crippen molar-refractivity contribution in [3.8, 4) is 0 Å². The summed E-state index contributed by atoms with van der Waals surface area (Å²) in [5.74, 6) is 0.331. The Kier molecular flexibility index (Phi) is 7.43. The van der Waals surface area contributed by atoms with Gasteiger partial charge in [-0.05, 0) is 69.0 Å². The smallest absolute Gasteiger partial charge is 0.410 e. The Morgan fingerprint density at radius 3 is 2.42 bits per heavy atom. The SMILES string of the molecule is Cc1cc(C(C[C@H](c2ccc(C3CN(C(=O)OC(C)(C)C)C3)cc2)c2ccccc2C)=NO)ccn1. The number of pyridine rings is 1. The second-order valence-electron chi connectivity index (χ2n) is 10.6. The average molecular weight is 486 g/mol. The maximum Gasteiger partial charge on any atom is 0.410 e. The van der Waals surface area contributed by atoms with E-state index >= 15 is 0 Å². The van der Waals surface area contributed by atoms with Crippen molar-refractivity contribution in [3.05, 3.63) is 100 Å². The maximum absolute atomic E-state index is 12.3. The molecule has 36 heavy (non-hydrogen) atoms. The van der Waals surface area contributed by atoms with Crippen LogP contribution < -0.4 is 0 Å². The zero-order valence-corrected chi connectivity index (χ0v) is 21.7. The average Bonchev–Trinajstić information content (AvgIpc) is 2.79. The molecule has 4 rings (SSSR count). The summed E-state index contributed by atoms with van der Waals surface area (Å²) in [6, 6.07) is 20.8. The Morgan fingerprint density at radius 2 is 1.81 bits per heavy atom. The van der Waals surface area contributed by atoms with Crippen LogP contribution in [0.3, 0.4) is 0 Å². The van der Waals surface area contributed by atoms with Crippen molar-refractivity contribution in [2.24, 2.45) is 5.16 Å². The largest absolute Gasteiger partial charge is 0.444 e. The van der Waals surface area contributed by atoms with Crippen molar-refractivity contribution < 1.29 is 14.7 Å². The van der Waals surface area contributed by atoms with E-state index in [1.54, 1.807) is 11.1 Å². The Bertz CT molecular complexity index is 1240. The molecule has 1 saturated heterocycles. The minimum atomic E-state index is -0.486. The van der Waals surface area contributed by atoms with E-state index in [2.05, 4.69) is 59.5 Å². The standard InChI is InChI=1S/C30H35N3O3/c1-20-8-6-7-9-26(20)27(17-28(32-35)24-14-15-31-21(2)16-24)23-12-10-22(11-13-23)25-18-33(19-25)29(34)36-30(3,4)5/h6-16,25,27,35H,17-19H2,1-5H3/t27-/m1/s1. The summed E-state index contributed by atoms with van der Waals surface area (Å²) in [6.07, 6.45) is 2.05. The van der Waals surface area contributed by atoms with Gasteiger partial charge in [-0.2, -0.15) is 0 Å². The zero-order chi connectivity index (χ0) is 25.9. The molecule has 6 heteroatoms. The second-order valence-corrected chi connectivity index (χ2v) is 10.6. The lowest BCUT2D eigenvalue weighted by Gasteiger charge is -2.40. The topological polar surface area (TPSA) is 75.0 Å². The van der Waals surface area contributed by atoms with E-state index < -0.39 is 5.60 Å². The van der Waals surface area contributed by atoms with Crippen LogP contribution in [-0.2, 0) is 4.74 Å². The molecule has 6 nitrogen and oxygen atoms in total. The third-order valence-corrected chi connectivity index (χ3v) is 6.66. The van der Waals surface area contributed by atoms with E-state index in [9.17, 15) is 10.0 Å². The first kappa shape index (κ1) is 25.4. The van der Waals surface area contributed by atoms with E-state index in [1.165, 1.54) is 16.7 Å². The number of likely N-dealkylation sites (tertiary alicyclic amines) is 1. The lowest BCUT2D eigenvalue weighted by molar-refractivity contribution is 0.00819.